The molecule has 1 aromatic rings. The van der Waals surface area contributed by atoms with Crippen molar-refractivity contribution < 1.29 is 18.9 Å². The number of ether oxygens (including phenoxy) is 1. The standard InChI is InChI=1S/C19H28O3.H3OP/c1-6-8-9-16(19(21)22-10-7-2)18(20)17-14(4)11-13(3)12-15(17)5;1-2/h11-12,16H,6-10H2,1-5H3;2H3. The third-order valence-electron chi connectivity index (χ3n) is 3.82. The first-order valence-electron chi connectivity index (χ1n) is 8.49. The van der Waals surface area contributed by atoms with Crippen molar-refractivity contribution in [2.75, 3.05) is 6.61 Å². The predicted molar refractivity (Wildman–Crippen MR) is 101 cm³/mol. The zero-order chi connectivity index (χ0) is 18.7. The van der Waals surface area contributed by atoms with E-state index in [2.05, 4.69) is 6.92 Å². The van der Waals surface area contributed by atoms with Crippen molar-refractivity contribution in [1.29, 1.82) is 0 Å². The highest BCUT2D eigenvalue weighted by atomic mass is 31.0. The maximum atomic E-state index is 12.9. The lowest BCUT2D eigenvalue weighted by atomic mass is 9.87. The molecule has 0 bridgehead atoms. The average molecular weight is 354 g/mol. The van der Waals surface area contributed by atoms with Crippen molar-refractivity contribution in [2.45, 2.75) is 60.3 Å². The number of benzene rings is 1. The van der Waals surface area contributed by atoms with Crippen molar-refractivity contribution in [3.8, 4) is 0 Å². The summed E-state index contributed by atoms with van der Waals surface area (Å²) in [7, 11) is 0.611. The number of hydrogen-bond donors (Lipinski definition) is 0. The van der Waals surface area contributed by atoms with E-state index in [-0.39, 0.29) is 11.8 Å². The summed E-state index contributed by atoms with van der Waals surface area (Å²) in [4.78, 5) is 25.2. The fraction of sp³-hybridized carbons (Fsp3) is 0.579. The van der Waals surface area contributed by atoms with Gasteiger partial charge in [0, 0.05) is 5.56 Å². The van der Waals surface area contributed by atoms with Crippen LogP contribution in [-0.4, -0.2) is 18.4 Å². The molecule has 2 unspecified atom stereocenters. The quantitative estimate of drug-likeness (QED) is 0.299. The highest BCUT2D eigenvalue weighted by molar-refractivity contribution is 7.00. The number of carbonyl (C=O) groups excluding carboxylic acids is 2. The number of ketones is 1. The summed E-state index contributed by atoms with van der Waals surface area (Å²) in [5.41, 5.74) is 3.69. The first-order chi connectivity index (χ1) is 11.4. The second-order valence-electron chi connectivity index (χ2n) is 6.00. The number of aryl methyl sites for hydroxylation is 3. The zero-order valence-corrected chi connectivity index (χ0v) is 17.0. The lowest BCUT2D eigenvalue weighted by Gasteiger charge is -2.18. The van der Waals surface area contributed by atoms with Gasteiger partial charge >= 0.3 is 5.97 Å². The maximum Gasteiger partial charge on any atom is 0.316 e. The minimum Gasteiger partial charge on any atom is -0.465 e. The van der Waals surface area contributed by atoms with Gasteiger partial charge in [-0.1, -0.05) is 44.4 Å². The van der Waals surface area contributed by atoms with Gasteiger partial charge in [0.25, 0.3) is 0 Å². The van der Waals surface area contributed by atoms with E-state index in [9.17, 15) is 9.59 Å². The minimum atomic E-state index is -0.674. The molecule has 1 aromatic carbocycles. The molecule has 0 radical (unpaired) electrons. The Morgan fingerprint density at radius 2 is 1.58 bits per heavy atom. The normalized spacial score (nSPS) is 11.4. The maximum absolute atomic E-state index is 12.9. The smallest absolute Gasteiger partial charge is 0.316 e. The van der Waals surface area contributed by atoms with Gasteiger partial charge in [-0.3, -0.25) is 9.59 Å². The molecule has 0 aliphatic rings. The van der Waals surface area contributed by atoms with E-state index in [1.165, 1.54) is 0 Å². The third kappa shape index (κ3) is 6.60. The van der Waals surface area contributed by atoms with Gasteiger partial charge in [-0.05, 0) is 44.7 Å². The second-order valence-corrected chi connectivity index (χ2v) is 6.00. The Balaban J connectivity index is 0.00000254. The molecule has 0 heterocycles. The number of unbranched alkanes of at least 4 members (excludes halogenated alkanes) is 1. The van der Waals surface area contributed by atoms with E-state index in [1.807, 2.05) is 39.8 Å². The fourth-order valence-corrected chi connectivity index (χ4v) is 2.81. The summed E-state index contributed by atoms with van der Waals surface area (Å²) in [6, 6.07) is 3.99. The van der Waals surface area contributed by atoms with Crippen LogP contribution in [0.25, 0.3) is 0 Å². The molecule has 0 saturated carbocycles. The van der Waals surface area contributed by atoms with Crippen LogP contribution in [0.3, 0.4) is 0 Å². The fourth-order valence-electron chi connectivity index (χ4n) is 2.81. The second kappa shape index (κ2) is 12.0. The summed E-state index contributed by atoms with van der Waals surface area (Å²) in [6.07, 6.45) is 3.13. The monoisotopic (exact) mass is 354 g/mol. The van der Waals surface area contributed by atoms with E-state index in [1.54, 1.807) is 0 Å². The Hall–Kier alpha value is -1.41. The van der Waals surface area contributed by atoms with E-state index in [4.69, 9.17) is 9.30 Å². The van der Waals surface area contributed by atoms with Crippen molar-refractivity contribution in [1.82, 2.24) is 0 Å². The molecule has 4 nitrogen and oxygen atoms in total. The van der Waals surface area contributed by atoms with Crippen molar-refractivity contribution in [2.24, 2.45) is 5.92 Å². The van der Waals surface area contributed by atoms with Gasteiger partial charge in [-0.2, -0.15) is 0 Å². The molecule has 24 heavy (non-hydrogen) atoms. The summed E-state index contributed by atoms with van der Waals surface area (Å²) in [5.74, 6) is -1.14. The van der Waals surface area contributed by atoms with Gasteiger partial charge in [0.2, 0.25) is 0 Å². The van der Waals surface area contributed by atoms with Crippen LogP contribution in [0.2, 0.25) is 0 Å². The van der Waals surface area contributed by atoms with Gasteiger partial charge in [-0.25, -0.2) is 0 Å². The summed E-state index contributed by atoms with van der Waals surface area (Å²) in [5, 5.41) is 0. The van der Waals surface area contributed by atoms with Crippen LogP contribution >= 0.6 is 9.12 Å². The Labute approximate surface area is 147 Å². The topological polar surface area (TPSA) is 60.4 Å². The molecule has 0 N–H and O–H groups in total. The van der Waals surface area contributed by atoms with E-state index in [0.717, 1.165) is 36.0 Å². The summed E-state index contributed by atoms with van der Waals surface area (Å²) >= 11 is 0. The molecule has 0 saturated heterocycles. The van der Waals surface area contributed by atoms with Gasteiger partial charge in [0.1, 0.15) is 5.92 Å². The number of esters is 1. The molecule has 0 aromatic heterocycles. The number of carbonyl (C=O) groups is 2. The third-order valence-corrected chi connectivity index (χ3v) is 3.82. The van der Waals surface area contributed by atoms with Crippen molar-refractivity contribution >= 4 is 20.9 Å². The SMILES string of the molecule is CCCCC(C(=O)OCCC)C(=O)c1c(C)cc(C)cc1C.O=[PH3]. The summed E-state index contributed by atoms with van der Waals surface area (Å²) < 4.78 is 13.5. The molecule has 136 valence electrons. The number of rotatable bonds is 8. The van der Waals surface area contributed by atoms with Crippen LogP contribution < -0.4 is 0 Å². The zero-order valence-electron chi connectivity index (χ0n) is 15.6. The molecular weight excluding hydrogens is 323 g/mol. The van der Waals surface area contributed by atoms with Crippen LogP contribution in [-0.2, 0) is 14.1 Å². The molecule has 1 rings (SSSR count). The first-order valence-corrected chi connectivity index (χ1v) is 9.07. The highest BCUT2D eigenvalue weighted by Crippen LogP contribution is 2.23. The van der Waals surface area contributed by atoms with Gasteiger partial charge in [0.15, 0.2) is 5.78 Å². The molecule has 0 aliphatic heterocycles. The molecular formula is C19H31O4P. The van der Waals surface area contributed by atoms with E-state index >= 15 is 0 Å². The summed E-state index contributed by atoms with van der Waals surface area (Å²) in [6.45, 7) is 10.3. The van der Waals surface area contributed by atoms with Crippen LogP contribution in [0.5, 0.6) is 0 Å². The Morgan fingerprint density at radius 3 is 2.04 bits per heavy atom. The predicted octanol–water partition coefficient (Wildman–Crippen LogP) is 4.49. The number of Topliss-reactive ketones (excluding diaryl/α,β-unsaturated/α-hetero) is 1. The highest BCUT2D eigenvalue weighted by Gasteiger charge is 2.30. The van der Waals surface area contributed by atoms with Gasteiger partial charge in [-0.15, -0.1) is 0 Å². The molecule has 0 aliphatic carbocycles. The largest absolute Gasteiger partial charge is 0.465 e. The first kappa shape index (κ1) is 22.6. The van der Waals surface area contributed by atoms with Crippen LogP contribution in [0.15, 0.2) is 12.1 Å². The average Bonchev–Trinajstić information content (AvgIpc) is 2.54. The van der Waals surface area contributed by atoms with Crippen molar-refractivity contribution in [3.63, 3.8) is 0 Å². The minimum absolute atomic E-state index is 0.0930. The molecule has 5 heteroatoms. The van der Waals surface area contributed by atoms with Gasteiger partial charge in [0.05, 0.1) is 15.7 Å². The van der Waals surface area contributed by atoms with E-state index < -0.39 is 5.92 Å². The molecule has 0 amide bonds. The Kier molecular flexibility index (Phi) is 11.3. The van der Waals surface area contributed by atoms with Crippen LogP contribution in [0, 0.1) is 26.7 Å². The lowest BCUT2D eigenvalue weighted by Crippen LogP contribution is -2.28. The van der Waals surface area contributed by atoms with Crippen LogP contribution in [0.4, 0.5) is 0 Å². The van der Waals surface area contributed by atoms with Gasteiger partial charge < -0.3 is 9.30 Å². The van der Waals surface area contributed by atoms with Crippen LogP contribution in [0.1, 0.15) is 66.6 Å². The van der Waals surface area contributed by atoms with Crippen molar-refractivity contribution in [3.05, 3.63) is 34.4 Å². The molecule has 0 spiro atoms. The lowest BCUT2D eigenvalue weighted by molar-refractivity contribution is -0.147. The Bertz CT molecular complexity index is 531. The molecule has 0 fully saturated rings. The van der Waals surface area contributed by atoms with E-state index in [0.29, 0.717) is 27.7 Å². The number of hydrogen-bond acceptors (Lipinski definition) is 4. The molecule has 2 atom stereocenters. The Morgan fingerprint density at radius 1 is 1.04 bits per heavy atom.